The summed E-state index contributed by atoms with van der Waals surface area (Å²) in [5, 5.41) is 11.7. The zero-order valence-electron chi connectivity index (χ0n) is 13.2. The highest BCUT2D eigenvalue weighted by Gasteiger charge is 2.14. The lowest BCUT2D eigenvalue weighted by Gasteiger charge is -2.09. The van der Waals surface area contributed by atoms with Gasteiger partial charge in [-0.15, -0.1) is 0 Å². The quantitative estimate of drug-likeness (QED) is 0.528. The third kappa shape index (κ3) is 3.02. The molecular formula is C17H15N3O4. The van der Waals surface area contributed by atoms with E-state index in [1.807, 2.05) is 24.3 Å². The van der Waals surface area contributed by atoms with Gasteiger partial charge in [-0.2, -0.15) is 0 Å². The average Bonchev–Trinajstić information content (AvgIpc) is 2.61. The summed E-state index contributed by atoms with van der Waals surface area (Å²) in [4.78, 5) is 19.6. The predicted molar refractivity (Wildman–Crippen MR) is 88.9 cm³/mol. The SMILES string of the molecule is COCc1nc(-c2ccc(OC)cc2)c2cc([N+](=O)[O-])ccc2n1. The summed E-state index contributed by atoms with van der Waals surface area (Å²) in [7, 11) is 3.16. The summed E-state index contributed by atoms with van der Waals surface area (Å²) < 4.78 is 10.3. The molecule has 24 heavy (non-hydrogen) atoms. The maximum atomic E-state index is 11.1. The van der Waals surface area contributed by atoms with Crippen molar-refractivity contribution in [3.8, 4) is 17.0 Å². The maximum Gasteiger partial charge on any atom is 0.270 e. The number of benzene rings is 2. The van der Waals surface area contributed by atoms with E-state index in [4.69, 9.17) is 9.47 Å². The molecule has 3 rings (SSSR count). The van der Waals surface area contributed by atoms with Crippen LogP contribution in [0.1, 0.15) is 5.82 Å². The second kappa shape index (κ2) is 6.59. The molecule has 0 aliphatic rings. The van der Waals surface area contributed by atoms with Crippen molar-refractivity contribution in [1.82, 2.24) is 9.97 Å². The largest absolute Gasteiger partial charge is 0.497 e. The van der Waals surface area contributed by atoms with Crippen LogP contribution in [0.2, 0.25) is 0 Å². The fourth-order valence-corrected chi connectivity index (χ4v) is 2.44. The van der Waals surface area contributed by atoms with Crippen LogP contribution in [-0.2, 0) is 11.3 Å². The molecule has 0 atom stereocenters. The van der Waals surface area contributed by atoms with Gasteiger partial charge in [0.2, 0.25) is 0 Å². The van der Waals surface area contributed by atoms with E-state index in [9.17, 15) is 10.1 Å². The zero-order valence-corrected chi connectivity index (χ0v) is 13.2. The van der Waals surface area contributed by atoms with Gasteiger partial charge < -0.3 is 9.47 Å². The topological polar surface area (TPSA) is 87.4 Å². The van der Waals surface area contributed by atoms with Crippen LogP contribution < -0.4 is 4.74 Å². The van der Waals surface area contributed by atoms with E-state index in [0.717, 1.165) is 11.3 Å². The van der Waals surface area contributed by atoms with Crippen LogP contribution in [0, 0.1) is 10.1 Å². The van der Waals surface area contributed by atoms with Gasteiger partial charge in [0.25, 0.3) is 5.69 Å². The first kappa shape index (κ1) is 15.8. The molecule has 0 saturated carbocycles. The van der Waals surface area contributed by atoms with Crippen LogP contribution in [0.15, 0.2) is 42.5 Å². The fourth-order valence-electron chi connectivity index (χ4n) is 2.44. The number of fused-ring (bicyclic) bond motifs is 1. The Morgan fingerprint density at radius 3 is 2.46 bits per heavy atom. The van der Waals surface area contributed by atoms with Gasteiger partial charge in [0.05, 0.1) is 23.2 Å². The summed E-state index contributed by atoms with van der Waals surface area (Å²) in [5.74, 6) is 1.24. The van der Waals surface area contributed by atoms with Gasteiger partial charge in [0.15, 0.2) is 5.82 Å². The Bertz CT molecular complexity index is 894. The van der Waals surface area contributed by atoms with E-state index >= 15 is 0 Å². The number of methoxy groups -OCH3 is 2. The van der Waals surface area contributed by atoms with E-state index in [2.05, 4.69) is 9.97 Å². The Morgan fingerprint density at radius 1 is 1.08 bits per heavy atom. The van der Waals surface area contributed by atoms with Crippen molar-refractivity contribution >= 4 is 16.6 Å². The van der Waals surface area contributed by atoms with E-state index in [1.54, 1.807) is 20.3 Å². The molecular weight excluding hydrogens is 310 g/mol. The molecule has 122 valence electrons. The minimum Gasteiger partial charge on any atom is -0.497 e. The molecule has 0 N–H and O–H groups in total. The number of nitro groups is 1. The minimum atomic E-state index is -0.430. The molecule has 0 aliphatic heterocycles. The molecule has 7 nitrogen and oxygen atoms in total. The van der Waals surface area contributed by atoms with Crippen molar-refractivity contribution in [1.29, 1.82) is 0 Å². The Hall–Kier alpha value is -3.06. The second-order valence-corrected chi connectivity index (χ2v) is 5.11. The van der Waals surface area contributed by atoms with Crippen LogP contribution in [0.3, 0.4) is 0 Å². The lowest BCUT2D eigenvalue weighted by Crippen LogP contribution is -2.01. The smallest absolute Gasteiger partial charge is 0.270 e. The molecule has 0 saturated heterocycles. The van der Waals surface area contributed by atoms with Crippen molar-refractivity contribution < 1.29 is 14.4 Å². The van der Waals surface area contributed by atoms with Crippen LogP contribution in [0.4, 0.5) is 5.69 Å². The first-order chi connectivity index (χ1) is 11.6. The summed E-state index contributed by atoms with van der Waals surface area (Å²) in [5.41, 5.74) is 2.08. The number of nitro benzene ring substituents is 1. The molecule has 2 aromatic carbocycles. The van der Waals surface area contributed by atoms with Crippen molar-refractivity contribution in [3.63, 3.8) is 0 Å². The number of ether oxygens (including phenoxy) is 2. The van der Waals surface area contributed by atoms with Gasteiger partial charge in [0, 0.05) is 30.2 Å². The number of aromatic nitrogens is 2. The highest BCUT2D eigenvalue weighted by Crippen LogP contribution is 2.30. The highest BCUT2D eigenvalue weighted by atomic mass is 16.6. The van der Waals surface area contributed by atoms with Crippen molar-refractivity contribution in [2.24, 2.45) is 0 Å². The molecule has 0 spiro atoms. The lowest BCUT2D eigenvalue weighted by molar-refractivity contribution is -0.384. The summed E-state index contributed by atoms with van der Waals surface area (Å²) >= 11 is 0. The van der Waals surface area contributed by atoms with Gasteiger partial charge in [-0.1, -0.05) is 0 Å². The Morgan fingerprint density at radius 2 is 1.83 bits per heavy atom. The number of nitrogens with zero attached hydrogens (tertiary/aromatic N) is 3. The number of hydrogen-bond acceptors (Lipinski definition) is 6. The monoisotopic (exact) mass is 325 g/mol. The number of rotatable bonds is 5. The lowest BCUT2D eigenvalue weighted by atomic mass is 10.1. The first-order valence-corrected chi connectivity index (χ1v) is 7.21. The van der Waals surface area contributed by atoms with E-state index in [-0.39, 0.29) is 12.3 Å². The number of non-ortho nitro benzene ring substituents is 1. The second-order valence-electron chi connectivity index (χ2n) is 5.11. The normalized spacial score (nSPS) is 10.8. The molecule has 0 bridgehead atoms. The molecule has 3 aromatic rings. The van der Waals surface area contributed by atoms with Gasteiger partial charge in [-0.25, -0.2) is 9.97 Å². The fraction of sp³-hybridized carbons (Fsp3) is 0.176. The van der Waals surface area contributed by atoms with E-state index in [0.29, 0.717) is 22.4 Å². The summed E-state index contributed by atoms with van der Waals surface area (Å²) in [6.07, 6.45) is 0. The Kier molecular flexibility index (Phi) is 4.35. The zero-order chi connectivity index (χ0) is 17.1. The molecule has 7 heteroatoms. The third-order valence-corrected chi connectivity index (χ3v) is 3.57. The highest BCUT2D eigenvalue weighted by molar-refractivity contribution is 5.93. The van der Waals surface area contributed by atoms with Crippen molar-refractivity contribution in [2.75, 3.05) is 14.2 Å². The number of hydrogen-bond donors (Lipinski definition) is 0. The molecule has 0 aliphatic carbocycles. The Labute approximate surface area is 138 Å². The van der Waals surface area contributed by atoms with Crippen LogP contribution in [0.25, 0.3) is 22.2 Å². The van der Waals surface area contributed by atoms with Crippen molar-refractivity contribution in [3.05, 3.63) is 58.4 Å². The average molecular weight is 325 g/mol. The van der Waals surface area contributed by atoms with Crippen molar-refractivity contribution in [2.45, 2.75) is 6.61 Å². The molecule has 0 unspecified atom stereocenters. The van der Waals surface area contributed by atoms with Crippen LogP contribution in [0.5, 0.6) is 5.75 Å². The molecule has 0 fully saturated rings. The Balaban J connectivity index is 2.24. The minimum absolute atomic E-state index is 0.000327. The van der Waals surface area contributed by atoms with Gasteiger partial charge in [-0.05, 0) is 30.3 Å². The molecule has 1 heterocycles. The third-order valence-electron chi connectivity index (χ3n) is 3.57. The molecule has 0 amide bonds. The standard InChI is InChI=1S/C17H15N3O4/c1-23-10-16-18-15-8-5-12(20(21)22)9-14(15)17(19-16)11-3-6-13(24-2)7-4-11/h3-9H,10H2,1-2H3. The van der Waals surface area contributed by atoms with Crippen LogP contribution in [-0.4, -0.2) is 29.1 Å². The predicted octanol–water partition coefficient (Wildman–Crippen LogP) is 3.36. The first-order valence-electron chi connectivity index (χ1n) is 7.21. The van der Waals surface area contributed by atoms with Crippen LogP contribution >= 0.6 is 0 Å². The summed E-state index contributed by atoms with van der Waals surface area (Å²) in [6.45, 7) is 0.260. The summed E-state index contributed by atoms with van der Waals surface area (Å²) in [6, 6.07) is 11.9. The van der Waals surface area contributed by atoms with E-state index < -0.39 is 4.92 Å². The van der Waals surface area contributed by atoms with Gasteiger partial charge in [0.1, 0.15) is 12.4 Å². The molecule has 1 aromatic heterocycles. The van der Waals surface area contributed by atoms with Gasteiger partial charge >= 0.3 is 0 Å². The van der Waals surface area contributed by atoms with Gasteiger partial charge in [-0.3, -0.25) is 10.1 Å². The molecule has 0 radical (unpaired) electrons. The maximum absolute atomic E-state index is 11.1. The van der Waals surface area contributed by atoms with E-state index in [1.165, 1.54) is 12.1 Å².